The lowest BCUT2D eigenvalue weighted by Crippen LogP contribution is -2.30. The highest BCUT2D eigenvalue weighted by molar-refractivity contribution is 8.93. The van der Waals surface area contributed by atoms with Crippen LogP contribution in [0.2, 0.25) is 0 Å². The van der Waals surface area contributed by atoms with Crippen molar-refractivity contribution in [3.05, 3.63) is 24.4 Å². The van der Waals surface area contributed by atoms with Crippen molar-refractivity contribution in [1.82, 2.24) is 4.90 Å². The molecule has 1 aliphatic rings. The number of allylic oxidation sites excluding steroid dienone is 2. The quantitative estimate of drug-likeness (QED) is 0.758. The summed E-state index contributed by atoms with van der Waals surface area (Å²) in [6.45, 7) is 3.06. The van der Waals surface area contributed by atoms with Crippen molar-refractivity contribution in [2.45, 2.75) is 13.0 Å². The summed E-state index contributed by atoms with van der Waals surface area (Å²) < 4.78 is 0. The van der Waals surface area contributed by atoms with Crippen LogP contribution in [0.1, 0.15) is 6.92 Å². The summed E-state index contributed by atoms with van der Waals surface area (Å²) >= 11 is 0. The van der Waals surface area contributed by atoms with Crippen molar-refractivity contribution in [3.8, 4) is 0 Å². The van der Waals surface area contributed by atoms with Gasteiger partial charge in [-0.15, -0.1) is 17.0 Å². The number of halogens is 1. The van der Waals surface area contributed by atoms with E-state index < -0.39 is 0 Å². The van der Waals surface area contributed by atoms with E-state index in [0.29, 0.717) is 6.04 Å². The van der Waals surface area contributed by atoms with Crippen molar-refractivity contribution in [2.75, 3.05) is 13.2 Å². The topological polar surface area (TPSA) is 23.5 Å². The molecule has 2 nitrogen and oxygen atoms in total. The molecule has 3 heteroatoms. The molecule has 1 heterocycles. The van der Waals surface area contributed by atoms with Gasteiger partial charge in [0.15, 0.2) is 0 Å². The Kier molecular flexibility index (Phi) is 5.24. The maximum absolute atomic E-state index is 8.64. The van der Waals surface area contributed by atoms with Crippen LogP contribution in [0.3, 0.4) is 0 Å². The largest absolute Gasteiger partial charge is 0.395 e. The highest BCUT2D eigenvalue weighted by Crippen LogP contribution is 2.05. The number of nitrogens with zero attached hydrogens (tertiary/aromatic N) is 1. The van der Waals surface area contributed by atoms with E-state index in [1.54, 1.807) is 0 Å². The Hall–Kier alpha value is -0.280. The summed E-state index contributed by atoms with van der Waals surface area (Å²) in [7, 11) is 0. The minimum absolute atomic E-state index is 0. The first-order chi connectivity index (χ1) is 4.84. The summed E-state index contributed by atoms with van der Waals surface area (Å²) in [5.41, 5.74) is 0. The second kappa shape index (κ2) is 5.38. The Morgan fingerprint density at radius 3 is 2.73 bits per heavy atom. The fraction of sp³-hybridized carbons (Fsp3) is 0.500. The third-order valence-electron chi connectivity index (χ3n) is 1.66. The van der Waals surface area contributed by atoms with Crippen molar-refractivity contribution in [3.63, 3.8) is 0 Å². The molecule has 1 unspecified atom stereocenters. The lowest BCUT2D eigenvalue weighted by Gasteiger charge is -2.26. The van der Waals surface area contributed by atoms with Crippen molar-refractivity contribution in [2.24, 2.45) is 0 Å². The van der Waals surface area contributed by atoms with Gasteiger partial charge in [0, 0.05) is 12.6 Å². The monoisotopic (exact) mass is 219 g/mol. The van der Waals surface area contributed by atoms with Crippen LogP contribution >= 0.6 is 17.0 Å². The lowest BCUT2D eigenvalue weighted by molar-refractivity contribution is 0.222. The van der Waals surface area contributed by atoms with Gasteiger partial charge in [-0.1, -0.05) is 12.2 Å². The molecule has 1 rings (SSSR count). The van der Waals surface area contributed by atoms with Crippen LogP contribution in [-0.4, -0.2) is 29.2 Å². The van der Waals surface area contributed by atoms with E-state index in [1.165, 1.54) is 0 Å². The predicted molar refractivity (Wildman–Crippen MR) is 51.9 cm³/mol. The van der Waals surface area contributed by atoms with Crippen molar-refractivity contribution < 1.29 is 5.11 Å². The van der Waals surface area contributed by atoms with Crippen LogP contribution in [-0.2, 0) is 0 Å². The Bertz CT molecular complexity index is 156. The van der Waals surface area contributed by atoms with Crippen LogP contribution < -0.4 is 0 Å². The van der Waals surface area contributed by atoms with E-state index >= 15 is 0 Å². The fourth-order valence-electron chi connectivity index (χ4n) is 1.03. The Morgan fingerprint density at radius 2 is 2.18 bits per heavy atom. The molecule has 0 aromatic rings. The van der Waals surface area contributed by atoms with Crippen LogP contribution in [0.5, 0.6) is 0 Å². The van der Waals surface area contributed by atoms with Crippen LogP contribution in [0, 0.1) is 0 Å². The zero-order valence-electron chi connectivity index (χ0n) is 6.60. The average molecular weight is 220 g/mol. The van der Waals surface area contributed by atoms with E-state index in [1.807, 2.05) is 18.4 Å². The molecule has 0 saturated carbocycles. The van der Waals surface area contributed by atoms with E-state index in [9.17, 15) is 0 Å². The first-order valence-corrected chi connectivity index (χ1v) is 3.56. The third-order valence-corrected chi connectivity index (χ3v) is 1.66. The standard InChI is InChI=1S/C8H13NO.BrH/c1-8-4-2-3-5-9(8)6-7-10;/h2-5,8,10H,6-7H2,1H3;1H. The first kappa shape index (κ1) is 10.7. The predicted octanol–water partition coefficient (Wildman–Crippen LogP) is 1.33. The second-order valence-corrected chi connectivity index (χ2v) is 2.43. The molecule has 0 fully saturated rings. The number of β-amino-alcohol motifs (C(OH)–C–C–N with tert-alkyl or cyclic N) is 1. The van der Waals surface area contributed by atoms with Gasteiger partial charge in [-0.2, -0.15) is 0 Å². The summed E-state index contributed by atoms with van der Waals surface area (Å²) in [4.78, 5) is 2.10. The van der Waals surface area contributed by atoms with E-state index in [2.05, 4.69) is 17.9 Å². The van der Waals surface area contributed by atoms with Gasteiger partial charge in [0.1, 0.15) is 0 Å². The van der Waals surface area contributed by atoms with E-state index in [-0.39, 0.29) is 23.6 Å². The van der Waals surface area contributed by atoms with Gasteiger partial charge < -0.3 is 10.0 Å². The van der Waals surface area contributed by atoms with Gasteiger partial charge >= 0.3 is 0 Å². The summed E-state index contributed by atoms with van der Waals surface area (Å²) in [6, 6.07) is 0.428. The molecule has 0 bridgehead atoms. The number of aliphatic hydroxyl groups excluding tert-OH is 1. The van der Waals surface area contributed by atoms with Crippen molar-refractivity contribution >= 4 is 17.0 Å². The molecule has 64 valence electrons. The number of rotatable bonds is 2. The van der Waals surface area contributed by atoms with Crippen LogP contribution in [0.15, 0.2) is 24.4 Å². The van der Waals surface area contributed by atoms with E-state index in [4.69, 9.17) is 5.11 Å². The Balaban J connectivity index is 0.000001000. The summed E-state index contributed by atoms with van der Waals surface area (Å²) in [6.07, 6.45) is 8.12. The van der Waals surface area contributed by atoms with Crippen LogP contribution in [0.25, 0.3) is 0 Å². The minimum atomic E-state index is 0. The number of aliphatic hydroxyl groups is 1. The smallest absolute Gasteiger partial charge is 0.0606 e. The van der Waals surface area contributed by atoms with Gasteiger partial charge in [-0.05, 0) is 19.2 Å². The molecular formula is C8H14BrNO. The third kappa shape index (κ3) is 3.08. The molecule has 0 aliphatic carbocycles. The fourth-order valence-corrected chi connectivity index (χ4v) is 1.03. The highest BCUT2D eigenvalue weighted by atomic mass is 79.9. The lowest BCUT2D eigenvalue weighted by atomic mass is 10.2. The van der Waals surface area contributed by atoms with Gasteiger partial charge in [0.2, 0.25) is 0 Å². The Morgan fingerprint density at radius 1 is 1.45 bits per heavy atom. The summed E-state index contributed by atoms with van der Waals surface area (Å²) in [5.74, 6) is 0. The molecule has 1 N–H and O–H groups in total. The molecule has 0 aromatic carbocycles. The Labute approximate surface area is 78.0 Å². The maximum atomic E-state index is 8.64. The molecule has 0 amide bonds. The number of hydrogen-bond acceptors (Lipinski definition) is 2. The molecule has 0 spiro atoms. The van der Waals surface area contributed by atoms with Gasteiger partial charge in [-0.25, -0.2) is 0 Å². The zero-order chi connectivity index (χ0) is 7.40. The van der Waals surface area contributed by atoms with Crippen molar-refractivity contribution in [1.29, 1.82) is 0 Å². The maximum Gasteiger partial charge on any atom is 0.0606 e. The SMILES string of the molecule is Br.CC1C=CC=CN1CCO. The molecule has 1 atom stereocenters. The van der Waals surface area contributed by atoms with Gasteiger partial charge in [-0.3, -0.25) is 0 Å². The van der Waals surface area contributed by atoms with Gasteiger partial charge in [0.25, 0.3) is 0 Å². The average Bonchev–Trinajstić information content (AvgIpc) is 1.94. The molecular weight excluding hydrogens is 206 g/mol. The molecule has 11 heavy (non-hydrogen) atoms. The molecule has 0 radical (unpaired) electrons. The number of hydrogen-bond donors (Lipinski definition) is 1. The molecule has 1 aliphatic heterocycles. The summed E-state index contributed by atoms with van der Waals surface area (Å²) in [5, 5.41) is 8.64. The van der Waals surface area contributed by atoms with Gasteiger partial charge in [0.05, 0.1) is 6.61 Å². The van der Waals surface area contributed by atoms with Crippen LogP contribution in [0.4, 0.5) is 0 Å². The van der Waals surface area contributed by atoms with E-state index in [0.717, 1.165) is 6.54 Å². The highest BCUT2D eigenvalue weighted by Gasteiger charge is 2.06. The normalized spacial score (nSPS) is 21.6. The zero-order valence-corrected chi connectivity index (χ0v) is 8.32. The second-order valence-electron chi connectivity index (χ2n) is 2.43. The molecule has 0 saturated heterocycles. The first-order valence-electron chi connectivity index (χ1n) is 3.56. The minimum Gasteiger partial charge on any atom is -0.395 e. The molecule has 0 aromatic heterocycles.